The SMILES string of the molecule is O=S1(=O)c2cc(I)cc(I)c2S(=O)(=O)C2C3CC(C4C5CCC(C5)C34)C21. The lowest BCUT2D eigenvalue weighted by atomic mass is 9.70. The second kappa shape index (κ2) is 5.19. The van der Waals surface area contributed by atoms with Gasteiger partial charge in [-0.2, -0.15) is 0 Å². The van der Waals surface area contributed by atoms with E-state index in [4.69, 9.17) is 0 Å². The lowest BCUT2D eigenvalue weighted by Crippen LogP contribution is -2.54. The van der Waals surface area contributed by atoms with Gasteiger partial charge in [-0.05, 0) is 119 Å². The van der Waals surface area contributed by atoms with Crippen LogP contribution in [0.5, 0.6) is 0 Å². The summed E-state index contributed by atoms with van der Waals surface area (Å²) in [6, 6.07) is 3.35. The van der Waals surface area contributed by atoms with Crippen molar-refractivity contribution in [2.24, 2.45) is 35.5 Å². The van der Waals surface area contributed by atoms with Crippen molar-refractivity contribution in [3.63, 3.8) is 0 Å². The highest BCUT2D eigenvalue weighted by Gasteiger charge is 2.72. The Hall–Kier alpha value is 0.580. The second-order valence-electron chi connectivity index (χ2n) is 8.79. The molecule has 0 aromatic heterocycles. The molecule has 5 aliphatic rings. The second-order valence-corrected chi connectivity index (χ2v) is 15.3. The summed E-state index contributed by atoms with van der Waals surface area (Å²) in [5.74, 6) is 2.27. The first-order valence-corrected chi connectivity index (χ1v) is 14.4. The third-order valence-corrected chi connectivity index (χ3v) is 14.8. The number of rotatable bonds is 0. The quantitative estimate of drug-likeness (QED) is 0.331. The van der Waals surface area contributed by atoms with Crippen LogP contribution in [0.4, 0.5) is 0 Å². The van der Waals surface area contributed by atoms with Gasteiger partial charge >= 0.3 is 0 Å². The molecule has 8 unspecified atom stereocenters. The molecule has 8 atom stereocenters. The molecule has 4 aliphatic carbocycles. The number of hydrogen-bond acceptors (Lipinski definition) is 4. The highest BCUT2D eigenvalue weighted by molar-refractivity contribution is 14.1. The van der Waals surface area contributed by atoms with Crippen LogP contribution < -0.4 is 0 Å². The predicted octanol–water partition coefficient (Wildman–Crippen LogP) is 3.51. The van der Waals surface area contributed by atoms with Crippen LogP contribution in [0.15, 0.2) is 21.9 Å². The van der Waals surface area contributed by atoms with E-state index in [9.17, 15) is 16.8 Å². The molecular formula is C18H18I2O4S2. The van der Waals surface area contributed by atoms with Crippen molar-refractivity contribution in [3.05, 3.63) is 19.3 Å². The minimum Gasteiger partial charge on any atom is -0.223 e. The Morgan fingerprint density at radius 3 is 2.00 bits per heavy atom. The normalized spacial score (nSPS) is 48.2. The fourth-order valence-electron chi connectivity index (χ4n) is 7.59. The summed E-state index contributed by atoms with van der Waals surface area (Å²) in [4.78, 5) is 0.161. The first-order valence-electron chi connectivity index (χ1n) is 9.20. The van der Waals surface area contributed by atoms with E-state index in [2.05, 4.69) is 22.6 Å². The van der Waals surface area contributed by atoms with Gasteiger partial charge in [0.05, 0.1) is 20.3 Å². The van der Waals surface area contributed by atoms with Gasteiger partial charge in [0, 0.05) is 7.14 Å². The highest BCUT2D eigenvalue weighted by Crippen LogP contribution is 2.70. The summed E-state index contributed by atoms with van der Waals surface area (Å²) >= 11 is 4.08. The van der Waals surface area contributed by atoms with Crippen molar-refractivity contribution in [3.8, 4) is 0 Å². The summed E-state index contributed by atoms with van der Waals surface area (Å²) < 4.78 is 55.8. The topological polar surface area (TPSA) is 68.3 Å². The van der Waals surface area contributed by atoms with Gasteiger partial charge < -0.3 is 0 Å². The van der Waals surface area contributed by atoms with E-state index in [0.717, 1.165) is 9.99 Å². The van der Waals surface area contributed by atoms with E-state index in [1.807, 2.05) is 22.6 Å². The van der Waals surface area contributed by atoms with Gasteiger partial charge in [0.2, 0.25) is 0 Å². The van der Waals surface area contributed by atoms with Gasteiger partial charge in [-0.25, -0.2) is 16.8 Å². The molecule has 4 bridgehead atoms. The molecule has 1 aliphatic heterocycles. The molecule has 0 N–H and O–H groups in total. The van der Waals surface area contributed by atoms with Crippen LogP contribution in [0, 0.1) is 42.6 Å². The monoisotopic (exact) mass is 616 g/mol. The Morgan fingerprint density at radius 1 is 0.808 bits per heavy atom. The molecule has 26 heavy (non-hydrogen) atoms. The molecule has 0 spiro atoms. The third-order valence-electron chi connectivity index (χ3n) is 8.03. The van der Waals surface area contributed by atoms with Crippen LogP contribution in [0.3, 0.4) is 0 Å². The van der Waals surface area contributed by atoms with E-state index in [1.54, 1.807) is 12.1 Å². The maximum Gasteiger partial charge on any atom is 0.185 e. The van der Waals surface area contributed by atoms with Crippen molar-refractivity contribution in [1.29, 1.82) is 0 Å². The molecular weight excluding hydrogens is 598 g/mol. The summed E-state index contributed by atoms with van der Waals surface area (Å²) in [5.41, 5.74) is 0. The Kier molecular flexibility index (Phi) is 3.48. The van der Waals surface area contributed by atoms with E-state index in [1.165, 1.54) is 19.3 Å². The molecule has 1 heterocycles. The van der Waals surface area contributed by atoms with Crippen LogP contribution in [-0.2, 0) is 19.7 Å². The van der Waals surface area contributed by atoms with Crippen molar-refractivity contribution < 1.29 is 16.8 Å². The number of sulfone groups is 2. The molecule has 140 valence electrons. The minimum absolute atomic E-state index is 0.0494. The molecule has 6 rings (SSSR count). The summed E-state index contributed by atoms with van der Waals surface area (Å²) in [7, 11) is -7.23. The standard InChI is InChI=1S/C18H18I2O4S2/c19-9-4-12(20)18-13(5-9)25(21,22)16-10-6-11(17(16)26(18,23)24)15-8-2-1-7(3-8)14(10)15/h4-5,7-8,10-11,14-17H,1-3,6H2. The molecule has 4 saturated carbocycles. The van der Waals surface area contributed by atoms with Gasteiger partial charge in [0.1, 0.15) is 0 Å². The Labute approximate surface area is 181 Å². The molecule has 0 radical (unpaired) electrons. The zero-order valence-electron chi connectivity index (χ0n) is 13.8. The zero-order valence-corrected chi connectivity index (χ0v) is 19.8. The van der Waals surface area contributed by atoms with E-state index >= 15 is 0 Å². The van der Waals surface area contributed by atoms with Gasteiger partial charge in [-0.15, -0.1) is 0 Å². The fraction of sp³-hybridized carbons (Fsp3) is 0.667. The van der Waals surface area contributed by atoms with Crippen molar-refractivity contribution >= 4 is 64.9 Å². The van der Waals surface area contributed by atoms with Gasteiger partial charge in [0.25, 0.3) is 0 Å². The van der Waals surface area contributed by atoms with Crippen LogP contribution in [0.2, 0.25) is 0 Å². The van der Waals surface area contributed by atoms with Gasteiger partial charge in [0.15, 0.2) is 19.7 Å². The van der Waals surface area contributed by atoms with E-state index in [0.29, 0.717) is 27.2 Å². The Bertz CT molecular complexity index is 1060. The number of hydrogen-bond donors (Lipinski definition) is 0. The molecule has 1 aromatic carbocycles. The van der Waals surface area contributed by atoms with Crippen LogP contribution in [0.25, 0.3) is 0 Å². The summed E-state index contributed by atoms with van der Waals surface area (Å²) in [5, 5.41) is -1.42. The predicted molar refractivity (Wildman–Crippen MR) is 113 cm³/mol. The lowest BCUT2D eigenvalue weighted by molar-refractivity contribution is 0.148. The minimum atomic E-state index is -3.61. The molecule has 4 fully saturated rings. The lowest BCUT2D eigenvalue weighted by Gasteiger charge is -2.44. The number of benzene rings is 1. The Morgan fingerprint density at radius 2 is 1.38 bits per heavy atom. The first kappa shape index (κ1) is 17.4. The van der Waals surface area contributed by atoms with Crippen molar-refractivity contribution in [1.82, 2.24) is 0 Å². The Balaban J connectivity index is 1.62. The van der Waals surface area contributed by atoms with Crippen LogP contribution in [0.1, 0.15) is 25.7 Å². The first-order chi connectivity index (χ1) is 12.2. The average Bonchev–Trinajstić information content (AvgIpc) is 3.29. The number of fused-ring (bicyclic) bond motifs is 13. The molecule has 0 saturated heterocycles. The molecule has 1 aromatic rings. The maximum absolute atomic E-state index is 13.6. The average molecular weight is 616 g/mol. The van der Waals surface area contributed by atoms with E-state index < -0.39 is 30.2 Å². The largest absolute Gasteiger partial charge is 0.223 e. The fourth-order valence-corrected chi connectivity index (χ4v) is 16.8. The van der Waals surface area contributed by atoms with Crippen LogP contribution >= 0.6 is 45.2 Å². The third kappa shape index (κ3) is 1.87. The van der Waals surface area contributed by atoms with E-state index in [-0.39, 0.29) is 21.6 Å². The van der Waals surface area contributed by atoms with Gasteiger partial charge in [-0.1, -0.05) is 0 Å². The highest BCUT2D eigenvalue weighted by atomic mass is 127. The molecule has 0 amide bonds. The van der Waals surface area contributed by atoms with Crippen LogP contribution in [-0.4, -0.2) is 27.3 Å². The number of halogens is 2. The van der Waals surface area contributed by atoms with Crippen molar-refractivity contribution in [2.75, 3.05) is 0 Å². The maximum atomic E-state index is 13.6. The molecule has 8 heteroatoms. The van der Waals surface area contributed by atoms with Crippen molar-refractivity contribution in [2.45, 2.75) is 46.0 Å². The smallest absolute Gasteiger partial charge is 0.185 e. The van der Waals surface area contributed by atoms with Gasteiger partial charge in [-0.3, -0.25) is 0 Å². The zero-order chi connectivity index (χ0) is 18.2. The summed E-state index contributed by atoms with van der Waals surface area (Å²) in [6.45, 7) is 0. The summed E-state index contributed by atoms with van der Waals surface area (Å²) in [6.07, 6.45) is 4.43. The molecule has 4 nitrogen and oxygen atoms in total.